The number of nitrogens with one attached hydrogen (secondary N) is 1. The molecule has 152 valence electrons. The molecule has 2 aromatic heterocycles. The van der Waals surface area contributed by atoms with Crippen LogP contribution in [0.2, 0.25) is 0 Å². The molecule has 0 aliphatic heterocycles. The second-order valence-corrected chi connectivity index (χ2v) is 7.18. The van der Waals surface area contributed by atoms with Gasteiger partial charge in [-0.3, -0.25) is 4.79 Å². The zero-order valence-electron chi connectivity index (χ0n) is 17.2. The van der Waals surface area contributed by atoms with E-state index in [-0.39, 0.29) is 11.9 Å². The molecule has 3 aromatic rings. The zero-order valence-corrected chi connectivity index (χ0v) is 17.2. The molecule has 0 aliphatic carbocycles. The Kier molecular flexibility index (Phi) is 6.26. The normalized spacial score (nSPS) is 12.2. The Hall–Kier alpha value is -3.22. The first kappa shape index (κ1) is 20.5. The molecule has 1 N–H and O–H groups in total. The maximum absolute atomic E-state index is 12.9. The van der Waals surface area contributed by atoms with Crippen LogP contribution in [0.4, 0.5) is 0 Å². The summed E-state index contributed by atoms with van der Waals surface area (Å²) in [4.78, 5) is 29.8. The van der Waals surface area contributed by atoms with Gasteiger partial charge in [-0.05, 0) is 33.3 Å². The van der Waals surface area contributed by atoms with Gasteiger partial charge in [-0.1, -0.05) is 37.3 Å². The van der Waals surface area contributed by atoms with Crippen molar-refractivity contribution in [3.63, 3.8) is 0 Å². The van der Waals surface area contributed by atoms with Gasteiger partial charge in [-0.25, -0.2) is 14.5 Å². The molecule has 3 rings (SSSR count). The molecule has 2 heterocycles. The Morgan fingerprint density at radius 1 is 1.17 bits per heavy atom. The average molecular weight is 394 g/mol. The quantitative estimate of drug-likeness (QED) is 0.617. The van der Waals surface area contributed by atoms with E-state index in [4.69, 9.17) is 9.72 Å². The summed E-state index contributed by atoms with van der Waals surface area (Å²) in [7, 11) is 0. The number of esters is 1. The van der Waals surface area contributed by atoms with Crippen LogP contribution in [0, 0.1) is 0 Å². The minimum atomic E-state index is -0.891. The van der Waals surface area contributed by atoms with E-state index < -0.39 is 12.1 Å². The molecular formula is C22H26N4O3. The van der Waals surface area contributed by atoms with Crippen molar-refractivity contribution in [3.8, 4) is 11.3 Å². The van der Waals surface area contributed by atoms with Crippen molar-refractivity contribution in [2.75, 3.05) is 6.54 Å². The third kappa shape index (κ3) is 4.45. The number of benzene rings is 1. The van der Waals surface area contributed by atoms with Crippen LogP contribution in [0.3, 0.4) is 0 Å². The van der Waals surface area contributed by atoms with Crippen LogP contribution < -0.4 is 5.32 Å². The molecule has 0 unspecified atom stereocenters. The molecule has 0 saturated heterocycles. The van der Waals surface area contributed by atoms with Crippen LogP contribution in [-0.2, 0) is 9.53 Å². The van der Waals surface area contributed by atoms with E-state index >= 15 is 0 Å². The van der Waals surface area contributed by atoms with Gasteiger partial charge in [-0.15, -0.1) is 0 Å². The summed E-state index contributed by atoms with van der Waals surface area (Å²) in [6.07, 6.45) is 1.54. The fraction of sp³-hybridized carbons (Fsp3) is 0.364. The molecule has 1 aromatic carbocycles. The summed E-state index contributed by atoms with van der Waals surface area (Å²) in [5.74, 6) is -0.885. The lowest BCUT2D eigenvalue weighted by Crippen LogP contribution is -2.36. The summed E-state index contributed by atoms with van der Waals surface area (Å²) in [6.45, 7) is 8.07. The average Bonchev–Trinajstić information content (AvgIpc) is 3.16. The third-order valence-corrected chi connectivity index (χ3v) is 4.55. The van der Waals surface area contributed by atoms with Gasteiger partial charge in [-0.2, -0.15) is 5.10 Å². The highest BCUT2D eigenvalue weighted by Crippen LogP contribution is 2.27. The summed E-state index contributed by atoms with van der Waals surface area (Å²) in [6, 6.07) is 11.4. The van der Waals surface area contributed by atoms with Gasteiger partial charge in [0.05, 0.1) is 22.8 Å². The number of carbonyl (C=O) groups is 2. The van der Waals surface area contributed by atoms with Gasteiger partial charge >= 0.3 is 5.97 Å². The number of nitrogens with zero attached hydrogens (tertiary/aromatic N) is 3. The van der Waals surface area contributed by atoms with Crippen molar-refractivity contribution in [2.24, 2.45) is 0 Å². The number of amides is 1. The lowest BCUT2D eigenvalue weighted by atomic mass is 10.1. The monoisotopic (exact) mass is 394 g/mol. The van der Waals surface area contributed by atoms with Crippen molar-refractivity contribution in [1.82, 2.24) is 20.1 Å². The molecule has 0 saturated carbocycles. The number of hydrogen-bond donors (Lipinski definition) is 1. The largest absolute Gasteiger partial charge is 0.449 e. The number of hydrogen-bond acceptors (Lipinski definition) is 5. The van der Waals surface area contributed by atoms with E-state index in [1.165, 1.54) is 0 Å². The van der Waals surface area contributed by atoms with Gasteiger partial charge in [0.15, 0.2) is 11.8 Å². The highest BCUT2D eigenvalue weighted by molar-refractivity contribution is 6.04. The minimum Gasteiger partial charge on any atom is -0.449 e. The number of aromatic nitrogens is 3. The van der Waals surface area contributed by atoms with Gasteiger partial charge in [0.25, 0.3) is 5.91 Å². The number of rotatable bonds is 7. The Bertz CT molecular complexity index is 1010. The fourth-order valence-corrected chi connectivity index (χ4v) is 2.99. The van der Waals surface area contributed by atoms with Gasteiger partial charge < -0.3 is 10.1 Å². The lowest BCUT2D eigenvalue weighted by Gasteiger charge is -2.14. The summed E-state index contributed by atoms with van der Waals surface area (Å²) in [5, 5.41) is 7.73. The molecule has 0 bridgehead atoms. The highest BCUT2D eigenvalue weighted by atomic mass is 16.5. The van der Waals surface area contributed by atoms with Crippen LogP contribution in [0.1, 0.15) is 50.5 Å². The standard InChI is InChI=1S/C22H26N4O3/c1-5-11-23-21(27)15(4)29-22(28)17-12-19(16-9-7-6-8-10-16)25-20-18(17)13-24-26(20)14(2)3/h6-10,12-15H,5,11H2,1-4H3,(H,23,27)/t15-/m1/s1. The van der Waals surface area contributed by atoms with Crippen molar-refractivity contribution < 1.29 is 14.3 Å². The molecule has 0 fully saturated rings. The molecule has 0 radical (unpaired) electrons. The van der Waals surface area contributed by atoms with Crippen LogP contribution in [0.15, 0.2) is 42.6 Å². The predicted octanol–water partition coefficient (Wildman–Crippen LogP) is 3.75. The van der Waals surface area contributed by atoms with E-state index in [2.05, 4.69) is 10.4 Å². The molecular weight excluding hydrogens is 368 g/mol. The van der Waals surface area contributed by atoms with Crippen LogP contribution in [0.5, 0.6) is 0 Å². The topological polar surface area (TPSA) is 86.1 Å². The van der Waals surface area contributed by atoms with Crippen molar-refractivity contribution in [3.05, 3.63) is 48.2 Å². The predicted molar refractivity (Wildman–Crippen MR) is 112 cm³/mol. The molecule has 1 atom stereocenters. The smallest absolute Gasteiger partial charge is 0.339 e. The molecule has 0 spiro atoms. The molecule has 0 aliphatic rings. The Balaban J connectivity index is 2.01. The molecule has 29 heavy (non-hydrogen) atoms. The van der Waals surface area contributed by atoms with E-state index in [0.29, 0.717) is 28.8 Å². The van der Waals surface area contributed by atoms with E-state index in [9.17, 15) is 9.59 Å². The SMILES string of the molecule is CCCNC(=O)[C@@H](C)OC(=O)c1cc(-c2ccccc2)nc2c1cnn2C(C)C. The lowest BCUT2D eigenvalue weighted by molar-refractivity contribution is -0.129. The molecule has 1 amide bonds. The van der Waals surface area contributed by atoms with Crippen molar-refractivity contribution >= 4 is 22.9 Å². The van der Waals surface area contributed by atoms with Crippen molar-refractivity contribution in [2.45, 2.75) is 46.3 Å². The number of ether oxygens (including phenoxy) is 1. The summed E-state index contributed by atoms with van der Waals surface area (Å²) >= 11 is 0. The molecule has 7 heteroatoms. The van der Waals surface area contributed by atoms with Gasteiger partial charge in [0.2, 0.25) is 0 Å². The summed E-state index contributed by atoms with van der Waals surface area (Å²) in [5.41, 5.74) is 2.48. The Morgan fingerprint density at radius 2 is 1.90 bits per heavy atom. The first-order chi connectivity index (χ1) is 13.9. The van der Waals surface area contributed by atoms with E-state index in [1.807, 2.05) is 51.1 Å². The first-order valence-corrected chi connectivity index (χ1v) is 9.84. The van der Waals surface area contributed by atoms with Crippen LogP contribution >= 0.6 is 0 Å². The number of carbonyl (C=O) groups excluding carboxylic acids is 2. The second kappa shape index (κ2) is 8.86. The van der Waals surface area contributed by atoms with Crippen LogP contribution in [0.25, 0.3) is 22.3 Å². The third-order valence-electron chi connectivity index (χ3n) is 4.55. The van der Waals surface area contributed by atoms with Gasteiger partial charge in [0.1, 0.15) is 0 Å². The fourth-order valence-electron chi connectivity index (χ4n) is 2.99. The minimum absolute atomic E-state index is 0.0774. The zero-order chi connectivity index (χ0) is 21.0. The highest BCUT2D eigenvalue weighted by Gasteiger charge is 2.23. The summed E-state index contributed by atoms with van der Waals surface area (Å²) < 4.78 is 7.22. The van der Waals surface area contributed by atoms with Gasteiger partial charge in [0, 0.05) is 18.2 Å². The molecule has 7 nitrogen and oxygen atoms in total. The van der Waals surface area contributed by atoms with Crippen molar-refractivity contribution in [1.29, 1.82) is 0 Å². The maximum Gasteiger partial charge on any atom is 0.339 e. The van der Waals surface area contributed by atoms with E-state index in [0.717, 1.165) is 12.0 Å². The maximum atomic E-state index is 12.9. The van der Waals surface area contributed by atoms with Crippen LogP contribution in [-0.4, -0.2) is 39.3 Å². The van der Waals surface area contributed by atoms with E-state index in [1.54, 1.807) is 23.9 Å². The number of fused-ring (bicyclic) bond motifs is 1. The second-order valence-electron chi connectivity index (χ2n) is 7.18. The Labute approximate surface area is 170 Å². The first-order valence-electron chi connectivity index (χ1n) is 9.84. The Morgan fingerprint density at radius 3 is 2.55 bits per heavy atom. The number of pyridine rings is 1.